The van der Waals surface area contributed by atoms with Gasteiger partial charge in [-0.15, -0.1) is 0 Å². The maximum Gasteiger partial charge on any atom is 0.261 e. The Hall–Kier alpha value is -1.49. The molecule has 1 aliphatic heterocycles. The summed E-state index contributed by atoms with van der Waals surface area (Å²) < 4.78 is 27.1. The SMILES string of the molecule is O=C1Nc2c(ccc(F)c2F)C1(O)C1CCCCCCC1. The largest absolute Gasteiger partial charge is 0.375 e. The van der Waals surface area contributed by atoms with Crippen LogP contribution in [-0.2, 0) is 10.4 Å². The molecule has 1 heterocycles. The summed E-state index contributed by atoms with van der Waals surface area (Å²) in [6, 6.07) is 2.30. The van der Waals surface area contributed by atoms with Crippen LogP contribution in [0.2, 0.25) is 0 Å². The van der Waals surface area contributed by atoms with E-state index in [0.717, 1.165) is 44.6 Å². The van der Waals surface area contributed by atoms with Crippen LogP contribution in [0.15, 0.2) is 12.1 Å². The highest BCUT2D eigenvalue weighted by atomic mass is 19.2. The second-order valence-corrected chi connectivity index (χ2v) is 6.05. The van der Waals surface area contributed by atoms with E-state index >= 15 is 0 Å². The Kier molecular flexibility index (Phi) is 3.69. The molecule has 2 aliphatic rings. The zero-order chi connectivity index (χ0) is 15.0. The molecule has 2 N–H and O–H groups in total. The molecule has 1 atom stereocenters. The first kappa shape index (κ1) is 14.4. The molecule has 0 spiro atoms. The minimum Gasteiger partial charge on any atom is -0.375 e. The lowest BCUT2D eigenvalue weighted by atomic mass is 9.75. The van der Waals surface area contributed by atoms with Crippen molar-refractivity contribution in [1.82, 2.24) is 0 Å². The van der Waals surface area contributed by atoms with Crippen LogP contribution < -0.4 is 5.32 Å². The number of carbonyl (C=O) groups is 1. The summed E-state index contributed by atoms with van der Waals surface area (Å²) in [5, 5.41) is 13.3. The fraction of sp³-hybridized carbons (Fsp3) is 0.562. The fourth-order valence-electron chi connectivity index (χ4n) is 3.60. The van der Waals surface area contributed by atoms with E-state index in [0.29, 0.717) is 0 Å². The van der Waals surface area contributed by atoms with Gasteiger partial charge in [-0.3, -0.25) is 4.79 Å². The summed E-state index contributed by atoms with van der Waals surface area (Å²) in [5.41, 5.74) is -1.76. The van der Waals surface area contributed by atoms with Crippen LogP contribution in [0.25, 0.3) is 0 Å². The summed E-state index contributed by atoms with van der Waals surface area (Å²) >= 11 is 0. The highest BCUT2D eigenvalue weighted by Gasteiger charge is 2.51. The van der Waals surface area contributed by atoms with Gasteiger partial charge < -0.3 is 10.4 Å². The van der Waals surface area contributed by atoms with Gasteiger partial charge in [0.05, 0.1) is 5.69 Å². The maximum absolute atomic E-state index is 13.8. The van der Waals surface area contributed by atoms with Crippen molar-refractivity contribution in [3.63, 3.8) is 0 Å². The Labute approximate surface area is 122 Å². The number of halogens is 2. The lowest BCUT2D eigenvalue weighted by Gasteiger charge is -2.32. The van der Waals surface area contributed by atoms with Crippen molar-refractivity contribution >= 4 is 11.6 Å². The minimum atomic E-state index is -1.73. The van der Waals surface area contributed by atoms with Gasteiger partial charge in [-0.05, 0) is 18.9 Å². The monoisotopic (exact) mass is 295 g/mol. The van der Waals surface area contributed by atoms with Crippen molar-refractivity contribution in [1.29, 1.82) is 0 Å². The third-order valence-corrected chi connectivity index (χ3v) is 4.79. The predicted octanol–water partition coefficient (Wildman–Crippen LogP) is 3.47. The highest BCUT2D eigenvalue weighted by Crippen LogP contribution is 2.46. The van der Waals surface area contributed by atoms with Crippen LogP contribution in [0.4, 0.5) is 14.5 Å². The number of nitrogens with one attached hydrogen (secondary N) is 1. The molecule has 1 aromatic carbocycles. The van der Waals surface area contributed by atoms with Crippen molar-refractivity contribution in [3.05, 3.63) is 29.3 Å². The first-order valence-electron chi connectivity index (χ1n) is 7.57. The van der Waals surface area contributed by atoms with E-state index in [1.54, 1.807) is 0 Å². The number of aliphatic hydroxyl groups is 1. The average Bonchev–Trinajstić information content (AvgIpc) is 2.68. The van der Waals surface area contributed by atoms with Crippen molar-refractivity contribution < 1.29 is 18.7 Å². The van der Waals surface area contributed by atoms with Crippen molar-refractivity contribution in [2.24, 2.45) is 5.92 Å². The number of hydrogen-bond donors (Lipinski definition) is 2. The smallest absolute Gasteiger partial charge is 0.261 e. The van der Waals surface area contributed by atoms with E-state index in [1.165, 1.54) is 12.5 Å². The minimum absolute atomic E-state index is 0.178. The molecule has 1 amide bonds. The molecule has 0 saturated heterocycles. The van der Waals surface area contributed by atoms with E-state index in [9.17, 15) is 18.7 Å². The number of hydrogen-bond acceptors (Lipinski definition) is 2. The molecule has 0 aromatic heterocycles. The predicted molar refractivity (Wildman–Crippen MR) is 74.7 cm³/mol. The van der Waals surface area contributed by atoms with Crippen molar-refractivity contribution in [2.75, 3.05) is 5.32 Å². The van der Waals surface area contributed by atoms with Gasteiger partial charge in [-0.1, -0.05) is 38.2 Å². The number of fused-ring (bicyclic) bond motifs is 1. The summed E-state index contributed by atoms with van der Waals surface area (Å²) in [6.07, 6.45) is 6.68. The summed E-state index contributed by atoms with van der Waals surface area (Å²) in [6.45, 7) is 0. The van der Waals surface area contributed by atoms with Crippen LogP contribution in [0.3, 0.4) is 0 Å². The van der Waals surface area contributed by atoms with Gasteiger partial charge >= 0.3 is 0 Å². The zero-order valence-corrected chi connectivity index (χ0v) is 11.8. The average molecular weight is 295 g/mol. The molecule has 1 fully saturated rings. The number of benzene rings is 1. The molecule has 1 unspecified atom stereocenters. The van der Waals surface area contributed by atoms with Gasteiger partial charge in [0, 0.05) is 11.5 Å². The molecule has 1 aliphatic carbocycles. The van der Waals surface area contributed by atoms with Crippen molar-refractivity contribution in [3.8, 4) is 0 Å². The van der Waals surface area contributed by atoms with Gasteiger partial charge in [0.25, 0.3) is 5.91 Å². The molecule has 1 aromatic rings. The summed E-state index contributed by atoms with van der Waals surface area (Å²) in [5.74, 6) is -2.99. The fourth-order valence-corrected chi connectivity index (χ4v) is 3.60. The molecule has 3 nitrogen and oxygen atoms in total. The lowest BCUT2D eigenvalue weighted by Crippen LogP contribution is -2.42. The maximum atomic E-state index is 13.8. The van der Waals surface area contributed by atoms with E-state index in [-0.39, 0.29) is 17.2 Å². The Morgan fingerprint density at radius 3 is 2.38 bits per heavy atom. The van der Waals surface area contributed by atoms with Gasteiger partial charge in [-0.25, -0.2) is 8.78 Å². The zero-order valence-electron chi connectivity index (χ0n) is 11.8. The van der Waals surface area contributed by atoms with Gasteiger partial charge in [-0.2, -0.15) is 0 Å². The number of carbonyl (C=O) groups excluding carboxylic acids is 1. The Bertz CT molecular complexity index is 568. The molecule has 0 bridgehead atoms. The quantitative estimate of drug-likeness (QED) is 0.833. The molecule has 1 saturated carbocycles. The van der Waals surface area contributed by atoms with E-state index in [1.807, 2.05) is 0 Å². The number of amides is 1. The molecule has 114 valence electrons. The second kappa shape index (κ2) is 5.37. The summed E-state index contributed by atoms with van der Waals surface area (Å²) in [4.78, 5) is 12.3. The normalized spacial score (nSPS) is 26.9. The summed E-state index contributed by atoms with van der Waals surface area (Å²) in [7, 11) is 0. The van der Waals surface area contributed by atoms with E-state index < -0.39 is 23.1 Å². The Morgan fingerprint density at radius 1 is 1.10 bits per heavy atom. The molecule has 0 radical (unpaired) electrons. The van der Waals surface area contributed by atoms with Crippen LogP contribution in [0, 0.1) is 17.6 Å². The molecular weight excluding hydrogens is 276 g/mol. The molecule has 3 rings (SSSR count). The van der Waals surface area contributed by atoms with Gasteiger partial charge in [0.15, 0.2) is 17.2 Å². The topological polar surface area (TPSA) is 49.3 Å². The first-order chi connectivity index (χ1) is 10.0. The van der Waals surface area contributed by atoms with E-state index in [4.69, 9.17) is 0 Å². The Balaban J connectivity index is 2.01. The molecular formula is C16H19F2NO2. The van der Waals surface area contributed by atoms with Gasteiger partial charge in [0.2, 0.25) is 0 Å². The van der Waals surface area contributed by atoms with Crippen LogP contribution in [0.5, 0.6) is 0 Å². The second-order valence-electron chi connectivity index (χ2n) is 6.05. The third kappa shape index (κ3) is 2.24. The standard InChI is InChI=1S/C16H19F2NO2/c17-12-9-8-11-14(13(12)18)19-15(20)16(11,21)10-6-4-2-1-3-5-7-10/h8-10,21H,1-7H2,(H,19,20). The Morgan fingerprint density at radius 2 is 1.71 bits per heavy atom. The lowest BCUT2D eigenvalue weighted by molar-refractivity contribution is -0.141. The first-order valence-corrected chi connectivity index (χ1v) is 7.57. The van der Waals surface area contributed by atoms with E-state index in [2.05, 4.69) is 5.32 Å². The number of anilines is 1. The number of rotatable bonds is 1. The van der Waals surface area contributed by atoms with Crippen LogP contribution in [0.1, 0.15) is 50.5 Å². The van der Waals surface area contributed by atoms with Crippen LogP contribution in [-0.4, -0.2) is 11.0 Å². The molecule has 21 heavy (non-hydrogen) atoms. The molecule has 5 heteroatoms. The van der Waals surface area contributed by atoms with Crippen molar-refractivity contribution in [2.45, 2.75) is 50.5 Å². The highest BCUT2D eigenvalue weighted by molar-refractivity contribution is 6.05. The van der Waals surface area contributed by atoms with Crippen LogP contribution >= 0.6 is 0 Å². The van der Waals surface area contributed by atoms with Gasteiger partial charge in [0.1, 0.15) is 0 Å². The third-order valence-electron chi connectivity index (χ3n) is 4.79.